The average molecular weight is 375 g/mol. The number of nitrogens with zero attached hydrogens (tertiary/aromatic N) is 1. The lowest BCUT2D eigenvalue weighted by Crippen LogP contribution is -2.13. The minimum absolute atomic E-state index is 0.243. The Hall–Kier alpha value is -3.37. The number of hydrogen-bond acceptors (Lipinski definition) is 3. The Labute approximate surface area is 161 Å². The molecule has 0 atom stereocenters. The van der Waals surface area contributed by atoms with Crippen LogP contribution in [0, 0.1) is 0 Å². The molecule has 4 rings (SSSR count). The van der Waals surface area contributed by atoms with Crippen LogP contribution in [0.2, 0.25) is 5.02 Å². The lowest BCUT2D eigenvalue weighted by atomic mass is 10.1. The highest BCUT2D eigenvalue weighted by molar-refractivity contribution is 6.30. The highest BCUT2D eigenvalue weighted by Gasteiger charge is 2.17. The van der Waals surface area contributed by atoms with Gasteiger partial charge in [0.1, 0.15) is 0 Å². The number of halogens is 1. The number of benzene rings is 3. The molecule has 0 saturated heterocycles. The molecule has 0 aliphatic heterocycles. The molecule has 0 saturated carbocycles. The fourth-order valence-corrected chi connectivity index (χ4v) is 2.86. The van der Waals surface area contributed by atoms with Gasteiger partial charge in [-0.15, -0.1) is 0 Å². The molecule has 0 spiro atoms. The summed E-state index contributed by atoms with van der Waals surface area (Å²) in [6.07, 6.45) is 1.67. The number of anilines is 1. The third-order valence-corrected chi connectivity index (χ3v) is 4.32. The number of carbonyl (C=O) groups excluding carboxylic acids is 1. The van der Waals surface area contributed by atoms with Crippen molar-refractivity contribution in [2.75, 3.05) is 5.32 Å². The molecule has 0 unspecified atom stereocenters. The van der Waals surface area contributed by atoms with Crippen LogP contribution in [-0.4, -0.2) is 10.9 Å². The lowest BCUT2D eigenvalue weighted by Gasteiger charge is -2.08. The minimum Gasteiger partial charge on any atom is -0.436 e. The van der Waals surface area contributed by atoms with Crippen LogP contribution in [0.5, 0.6) is 0 Å². The molecule has 27 heavy (non-hydrogen) atoms. The third kappa shape index (κ3) is 3.76. The van der Waals surface area contributed by atoms with Gasteiger partial charge in [-0.25, -0.2) is 4.98 Å². The summed E-state index contributed by atoms with van der Waals surface area (Å²) in [6, 6.07) is 23.9. The van der Waals surface area contributed by atoms with Gasteiger partial charge in [0.2, 0.25) is 5.89 Å². The van der Waals surface area contributed by atoms with Gasteiger partial charge in [-0.3, -0.25) is 4.79 Å². The zero-order valence-electron chi connectivity index (χ0n) is 14.2. The SMILES string of the molecule is O=C(Nc1ccc(Cl)cc1)c1ccccc1-c1ncc(-c2ccccc2)o1. The molecular formula is C22H15ClN2O2. The molecule has 1 N–H and O–H groups in total. The van der Waals surface area contributed by atoms with E-state index < -0.39 is 0 Å². The van der Waals surface area contributed by atoms with Crippen molar-refractivity contribution in [1.82, 2.24) is 4.98 Å². The third-order valence-electron chi connectivity index (χ3n) is 4.07. The van der Waals surface area contributed by atoms with E-state index in [1.54, 1.807) is 42.6 Å². The van der Waals surface area contributed by atoms with Crippen LogP contribution >= 0.6 is 11.6 Å². The highest BCUT2D eigenvalue weighted by Crippen LogP contribution is 2.28. The first-order chi connectivity index (χ1) is 13.2. The van der Waals surface area contributed by atoms with E-state index in [9.17, 15) is 4.79 Å². The fraction of sp³-hybridized carbons (Fsp3) is 0. The molecule has 5 heteroatoms. The number of nitrogens with one attached hydrogen (secondary N) is 1. The van der Waals surface area contributed by atoms with Crippen molar-refractivity contribution in [3.63, 3.8) is 0 Å². The van der Waals surface area contributed by atoms with Gasteiger partial charge in [-0.1, -0.05) is 54.1 Å². The van der Waals surface area contributed by atoms with Crippen LogP contribution < -0.4 is 5.32 Å². The predicted octanol–water partition coefficient (Wildman–Crippen LogP) is 5.91. The minimum atomic E-state index is -0.243. The normalized spacial score (nSPS) is 10.6. The van der Waals surface area contributed by atoms with Gasteiger partial charge in [-0.05, 0) is 36.4 Å². The number of aromatic nitrogens is 1. The molecule has 4 aromatic rings. The van der Waals surface area contributed by atoms with Crippen LogP contribution in [0.15, 0.2) is 89.5 Å². The van der Waals surface area contributed by atoms with E-state index in [-0.39, 0.29) is 5.91 Å². The highest BCUT2D eigenvalue weighted by atomic mass is 35.5. The first-order valence-electron chi connectivity index (χ1n) is 8.38. The molecule has 0 aliphatic carbocycles. The molecule has 132 valence electrons. The summed E-state index contributed by atoms with van der Waals surface area (Å²) >= 11 is 5.89. The van der Waals surface area contributed by atoms with Crippen molar-refractivity contribution in [1.29, 1.82) is 0 Å². The Bertz CT molecular complexity index is 1070. The van der Waals surface area contributed by atoms with E-state index in [0.717, 1.165) is 5.56 Å². The van der Waals surface area contributed by atoms with Crippen molar-refractivity contribution < 1.29 is 9.21 Å². The van der Waals surface area contributed by atoms with E-state index in [0.29, 0.717) is 33.5 Å². The second kappa shape index (κ2) is 7.48. The van der Waals surface area contributed by atoms with E-state index in [4.69, 9.17) is 16.0 Å². The number of amides is 1. The van der Waals surface area contributed by atoms with Crippen molar-refractivity contribution in [2.24, 2.45) is 0 Å². The largest absolute Gasteiger partial charge is 0.436 e. The summed E-state index contributed by atoms with van der Waals surface area (Å²) in [5, 5.41) is 3.48. The van der Waals surface area contributed by atoms with Crippen molar-refractivity contribution in [3.8, 4) is 22.8 Å². The molecular weight excluding hydrogens is 360 g/mol. The van der Waals surface area contributed by atoms with Gasteiger partial charge in [0.05, 0.1) is 11.8 Å². The van der Waals surface area contributed by atoms with E-state index >= 15 is 0 Å². The van der Waals surface area contributed by atoms with Crippen LogP contribution in [-0.2, 0) is 0 Å². The average Bonchev–Trinajstić information content (AvgIpc) is 3.20. The summed E-state index contributed by atoms with van der Waals surface area (Å²) in [5.74, 6) is 0.807. The summed E-state index contributed by atoms with van der Waals surface area (Å²) in [7, 11) is 0. The van der Waals surface area contributed by atoms with E-state index in [1.807, 2.05) is 42.5 Å². The lowest BCUT2D eigenvalue weighted by molar-refractivity contribution is 0.102. The second-order valence-corrected chi connectivity index (χ2v) is 6.34. The Kier molecular flexibility index (Phi) is 4.73. The molecule has 0 bridgehead atoms. The van der Waals surface area contributed by atoms with Crippen molar-refractivity contribution >= 4 is 23.2 Å². The van der Waals surface area contributed by atoms with Gasteiger partial charge in [0, 0.05) is 21.8 Å². The van der Waals surface area contributed by atoms with Gasteiger partial charge in [-0.2, -0.15) is 0 Å². The first-order valence-corrected chi connectivity index (χ1v) is 8.76. The van der Waals surface area contributed by atoms with E-state index in [1.165, 1.54) is 0 Å². The van der Waals surface area contributed by atoms with Gasteiger partial charge >= 0.3 is 0 Å². The number of oxazole rings is 1. The molecule has 1 amide bonds. The number of carbonyl (C=O) groups is 1. The molecule has 1 aromatic heterocycles. The quantitative estimate of drug-likeness (QED) is 0.482. The number of rotatable bonds is 4. The van der Waals surface area contributed by atoms with Crippen molar-refractivity contribution in [2.45, 2.75) is 0 Å². The van der Waals surface area contributed by atoms with Gasteiger partial charge in [0.15, 0.2) is 5.76 Å². The smallest absolute Gasteiger partial charge is 0.256 e. The number of hydrogen-bond donors (Lipinski definition) is 1. The molecule has 3 aromatic carbocycles. The van der Waals surface area contributed by atoms with Gasteiger partial charge in [0.25, 0.3) is 5.91 Å². The summed E-state index contributed by atoms with van der Waals surface area (Å²) in [6.45, 7) is 0. The topological polar surface area (TPSA) is 55.1 Å². The summed E-state index contributed by atoms with van der Waals surface area (Å²) in [5.41, 5.74) is 2.70. The van der Waals surface area contributed by atoms with Gasteiger partial charge < -0.3 is 9.73 Å². The van der Waals surface area contributed by atoms with E-state index in [2.05, 4.69) is 10.3 Å². The molecule has 0 radical (unpaired) electrons. The molecule has 0 fully saturated rings. The van der Waals surface area contributed by atoms with Crippen LogP contribution in [0.25, 0.3) is 22.8 Å². The molecule has 4 nitrogen and oxygen atoms in total. The maximum Gasteiger partial charge on any atom is 0.256 e. The Morgan fingerprint density at radius 3 is 2.37 bits per heavy atom. The zero-order chi connectivity index (χ0) is 18.6. The Balaban J connectivity index is 1.64. The molecule has 0 aliphatic rings. The maximum atomic E-state index is 12.8. The standard InChI is InChI=1S/C22H15ClN2O2/c23-16-10-12-17(13-11-16)25-21(26)18-8-4-5-9-19(18)22-24-14-20(27-22)15-6-2-1-3-7-15/h1-14H,(H,25,26). The maximum absolute atomic E-state index is 12.8. The predicted molar refractivity (Wildman–Crippen MR) is 107 cm³/mol. The van der Waals surface area contributed by atoms with Crippen LogP contribution in [0.1, 0.15) is 10.4 Å². The van der Waals surface area contributed by atoms with Crippen LogP contribution in [0.3, 0.4) is 0 Å². The summed E-state index contributed by atoms with van der Waals surface area (Å²) in [4.78, 5) is 17.1. The van der Waals surface area contributed by atoms with Crippen LogP contribution in [0.4, 0.5) is 5.69 Å². The fourth-order valence-electron chi connectivity index (χ4n) is 2.73. The molecule has 1 heterocycles. The Morgan fingerprint density at radius 1 is 0.889 bits per heavy atom. The Morgan fingerprint density at radius 2 is 1.59 bits per heavy atom. The zero-order valence-corrected chi connectivity index (χ0v) is 15.0. The first kappa shape index (κ1) is 17.1. The monoisotopic (exact) mass is 374 g/mol. The second-order valence-electron chi connectivity index (χ2n) is 5.90. The summed E-state index contributed by atoms with van der Waals surface area (Å²) < 4.78 is 5.90. The van der Waals surface area contributed by atoms with Crippen molar-refractivity contribution in [3.05, 3.63) is 95.6 Å².